The largest absolute Gasteiger partial charge is 0.476 e. The van der Waals surface area contributed by atoms with Gasteiger partial charge in [0.2, 0.25) is 5.01 Å². The summed E-state index contributed by atoms with van der Waals surface area (Å²) in [5.41, 5.74) is 1.01. The van der Waals surface area contributed by atoms with Crippen LogP contribution in [0.15, 0.2) is 0 Å². The average Bonchev–Trinajstić information content (AvgIpc) is 2.72. The Bertz CT molecular complexity index is 417. The minimum Gasteiger partial charge on any atom is -0.476 e. The van der Waals surface area contributed by atoms with E-state index in [0.29, 0.717) is 6.04 Å². The van der Waals surface area contributed by atoms with Gasteiger partial charge < -0.3 is 5.11 Å². The molecule has 0 aromatic carbocycles. The van der Waals surface area contributed by atoms with E-state index < -0.39 is 5.97 Å². The van der Waals surface area contributed by atoms with Crippen molar-refractivity contribution < 1.29 is 9.90 Å². The van der Waals surface area contributed by atoms with Gasteiger partial charge in [0.1, 0.15) is 0 Å². The first kappa shape index (κ1) is 12.5. The molecule has 0 fully saturated rings. The summed E-state index contributed by atoms with van der Waals surface area (Å²) in [5, 5.41) is 9.24. The molecule has 0 saturated heterocycles. The van der Waals surface area contributed by atoms with Crippen molar-refractivity contribution in [2.45, 2.75) is 38.6 Å². The van der Waals surface area contributed by atoms with E-state index >= 15 is 0 Å². The van der Waals surface area contributed by atoms with Gasteiger partial charge in [-0.3, -0.25) is 4.90 Å². The molecule has 1 aromatic rings. The van der Waals surface area contributed by atoms with Crippen LogP contribution in [0, 0.1) is 0 Å². The zero-order valence-corrected chi connectivity index (χ0v) is 11.1. The molecule has 1 aliphatic rings. The highest BCUT2D eigenvalue weighted by atomic mass is 32.1. The molecule has 0 saturated carbocycles. The molecule has 2 heterocycles. The van der Waals surface area contributed by atoms with E-state index in [9.17, 15) is 4.79 Å². The summed E-state index contributed by atoms with van der Waals surface area (Å²) in [6.07, 6.45) is 4.32. The maximum atomic E-state index is 11.0. The van der Waals surface area contributed by atoms with Crippen molar-refractivity contribution in [3.8, 4) is 0 Å². The molecule has 0 aliphatic carbocycles. The lowest BCUT2D eigenvalue weighted by molar-refractivity contribution is 0.0696. The van der Waals surface area contributed by atoms with Crippen molar-refractivity contribution in [1.29, 1.82) is 0 Å². The predicted octanol–water partition coefficient (Wildman–Crippen LogP) is 2.56. The maximum absolute atomic E-state index is 11.0. The Morgan fingerprint density at radius 1 is 1.65 bits per heavy atom. The van der Waals surface area contributed by atoms with Crippen LogP contribution in [-0.4, -0.2) is 34.6 Å². The molecule has 0 bridgehead atoms. The van der Waals surface area contributed by atoms with E-state index in [0.717, 1.165) is 25.1 Å². The second-order valence-corrected chi connectivity index (χ2v) is 5.55. The first-order chi connectivity index (χ1) is 8.13. The first-order valence-corrected chi connectivity index (χ1v) is 6.88. The van der Waals surface area contributed by atoms with E-state index in [1.807, 2.05) is 0 Å². The van der Waals surface area contributed by atoms with Gasteiger partial charge in [-0.15, -0.1) is 11.3 Å². The third-order valence-electron chi connectivity index (χ3n) is 3.28. The number of carboxylic acids is 1. The summed E-state index contributed by atoms with van der Waals surface area (Å²) in [6.45, 7) is 3.16. The lowest BCUT2D eigenvalue weighted by Crippen LogP contribution is -2.31. The van der Waals surface area contributed by atoms with Crippen LogP contribution in [-0.2, 0) is 6.42 Å². The lowest BCUT2D eigenvalue weighted by atomic mass is 10.0. The fourth-order valence-corrected chi connectivity index (χ4v) is 3.43. The number of aromatic nitrogens is 1. The van der Waals surface area contributed by atoms with E-state index in [1.54, 1.807) is 0 Å². The topological polar surface area (TPSA) is 53.4 Å². The monoisotopic (exact) mass is 254 g/mol. The van der Waals surface area contributed by atoms with Gasteiger partial charge in [0.25, 0.3) is 0 Å². The number of carboxylic acid groups (broad SMARTS) is 1. The normalized spacial score (nSPS) is 20.2. The second kappa shape index (κ2) is 5.14. The number of unbranched alkanes of at least 4 members (excludes halogenated alkanes) is 1. The van der Waals surface area contributed by atoms with Gasteiger partial charge in [-0.25, -0.2) is 9.78 Å². The Hall–Kier alpha value is -0.940. The minimum atomic E-state index is -0.902. The minimum absolute atomic E-state index is 0.242. The summed E-state index contributed by atoms with van der Waals surface area (Å²) in [7, 11) is 2.11. The molecule has 4 nitrogen and oxygen atoms in total. The number of carbonyl (C=O) groups is 1. The standard InChI is InChI=1S/C12H18N2O2S/c1-3-4-5-9-10-8(6-7-14(9)2)13-11(17-10)12(15)16/h9H,3-7H2,1-2H3,(H,15,16). The van der Waals surface area contributed by atoms with E-state index in [4.69, 9.17) is 5.11 Å². The summed E-state index contributed by atoms with van der Waals surface area (Å²) in [6, 6.07) is 0.365. The molecule has 1 unspecified atom stereocenters. The van der Waals surface area contributed by atoms with Crippen LogP contribution in [0.25, 0.3) is 0 Å². The molecule has 17 heavy (non-hydrogen) atoms. The smallest absolute Gasteiger partial charge is 0.365 e. The van der Waals surface area contributed by atoms with Crippen molar-refractivity contribution >= 4 is 17.3 Å². The third kappa shape index (κ3) is 2.50. The van der Waals surface area contributed by atoms with Gasteiger partial charge in [0, 0.05) is 23.9 Å². The van der Waals surface area contributed by atoms with Gasteiger partial charge in [0.05, 0.1) is 5.69 Å². The van der Waals surface area contributed by atoms with Crippen molar-refractivity contribution in [3.05, 3.63) is 15.6 Å². The molecule has 1 N–H and O–H groups in total. The number of aromatic carboxylic acids is 1. The Morgan fingerprint density at radius 3 is 3.06 bits per heavy atom. The second-order valence-electron chi connectivity index (χ2n) is 4.52. The summed E-state index contributed by atoms with van der Waals surface area (Å²) in [5.74, 6) is -0.902. The highest BCUT2D eigenvalue weighted by molar-refractivity contribution is 7.13. The molecule has 0 spiro atoms. The zero-order chi connectivity index (χ0) is 12.4. The van der Waals surface area contributed by atoms with Crippen molar-refractivity contribution in [2.75, 3.05) is 13.6 Å². The summed E-state index contributed by atoms with van der Waals surface area (Å²) < 4.78 is 0. The number of rotatable bonds is 4. The van der Waals surface area contributed by atoms with Crippen LogP contribution in [0.1, 0.15) is 52.6 Å². The molecule has 0 radical (unpaired) electrons. The fraction of sp³-hybridized carbons (Fsp3) is 0.667. The number of fused-ring (bicyclic) bond motifs is 1. The van der Waals surface area contributed by atoms with Crippen LogP contribution >= 0.6 is 11.3 Å². The van der Waals surface area contributed by atoms with Gasteiger partial charge in [-0.05, 0) is 13.5 Å². The molecule has 2 rings (SSSR count). The lowest BCUT2D eigenvalue weighted by Gasteiger charge is -2.31. The Morgan fingerprint density at radius 2 is 2.41 bits per heavy atom. The van der Waals surface area contributed by atoms with Crippen LogP contribution in [0.2, 0.25) is 0 Å². The van der Waals surface area contributed by atoms with E-state index in [2.05, 4.69) is 23.9 Å². The molecule has 0 amide bonds. The fourth-order valence-electron chi connectivity index (χ4n) is 2.28. The van der Waals surface area contributed by atoms with Gasteiger partial charge >= 0.3 is 5.97 Å². The SMILES string of the molecule is CCCCC1c2sc(C(=O)O)nc2CCN1C. The molecule has 1 atom stereocenters. The average molecular weight is 254 g/mol. The zero-order valence-electron chi connectivity index (χ0n) is 10.3. The number of thiazole rings is 1. The highest BCUT2D eigenvalue weighted by Gasteiger charge is 2.29. The van der Waals surface area contributed by atoms with Crippen LogP contribution in [0.5, 0.6) is 0 Å². The predicted molar refractivity (Wildman–Crippen MR) is 67.7 cm³/mol. The first-order valence-electron chi connectivity index (χ1n) is 6.06. The van der Waals surface area contributed by atoms with Gasteiger partial charge in [-0.2, -0.15) is 0 Å². The number of nitrogens with zero attached hydrogens (tertiary/aromatic N) is 2. The Balaban J connectivity index is 2.26. The van der Waals surface area contributed by atoms with Crippen LogP contribution in [0.4, 0.5) is 0 Å². The number of hydrogen-bond donors (Lipinski definition) is 1. The molecule has 1 aromatic heterocycles. The summed E-state index contributed by atoms with van der Waals surface area (Å²) >= 11 is 1.35. The molecule has 5 heteroatoms. The van der Waals surface area contributed by atoms with Crippen molar-refractivity contribution in [2.24, 2.45) is 0 Å². The van der Waals surface area contributed by atoms with Gasteiger partial charge in [0.15, 0.2) is 0 Å². The summed E-state index contributed by atoms with van der Waals surface area (Å²) in [4.78, 5) is 18.7. The molecule has 1 aliphatic heterocycles. The van der Waals surface area contributed by atoms with E-state index in [-0.39, 0.29) is 5.01 Å². The molecular formula is C12H18N2O2S. The number of likely N-dealkylation sites (N-methyl/N-ethyl adjacent to an activating group) is 1. The van der Waals surface area contributed by atoms with Crippen LogP contribution in [0.3, 0.4) is 0 Å². The van der Waals surface area contributed by atoms with Crippen LogP contribution < -0.4 is 0 Å². The maximum Gasteiger partial charge on any atom is 0.365 e. The number of hydrogen-bond acceptors (Lipinski definition) is 4. The Labute approximate surface area is 105 Å². The Kier molecular flexibility index (Phi) is 3.79. The molecular weight excluding hydrogens is 236 g/mol. The van der Waals surface area contributed by atoms with Crippen molar-refractivity contribution in [1.82, 2.24) is 9.88 Å². The van der Waals surface area contributed by atoms with Crippen molar-refractivity contribution in [3.63, 3.8) is 0 Å². The quantitative estimate of drug-likeness (QED) is 0.897. The highest BCUT2D eigenvalue weighted by Crippen LogP contribution is 2.36. The molecule has 94 valence electrons. The third-order valence-corrected chi connectivity index (χ3v) is 4.46. The van der Waals surface area contributed by atoms with Gasteiger partial charge in [-0.1, -0.05) is 19.8 Å². The van der Waals surface area contributed by atoms with E-state index in [1.165, 1.54) is 29.1 Å².